The summed E-state index contributed by atoms with van der Waals surface area (Å²) in [6.45, 7) is 7.65. The van der Waals surface area contributed by atoms with Crippen molar-refractivity contribution < 1.29 is 14.3 Å². The van der Waals surface area contributed by atoms with E-state index in [0.29, 0.717) is 31.4 Å². The number of benzene rings is 2. The van der Waals surface area contributed by atoms with E-state index in [2.05, 4.69) is 60.1 Å². The first kappa shape index (κ1) is 23.1. The molecule has 2 aromatic carbocycles. The molecule has 0 spiro atoms. The van der Waals surface area contributed by atoms with Crippen molar-refractivity contribution in [1.82, 2.24) is 9.88 Å². The average Bonchev–Trinajstić information content (AvgIpc) is 3.05. The number of aryl methyl sites for hydroxylation is 1. The molecule has 1 N–H and O–H groups in total. The van der Waals surface area contributed by atoms with Crippen LogP contribution < -0.4 is 10.1 Å². The first-order valence-electron chi connectivity index (χ1n) is 11.8. The second kappa shape index (κ2) is 10.3. The highest BCUT2D eigenvalue weighted by atomic mass is 16.5. The zero-order chi connectivity index (χ0) is 23.4. The van der Waals surface area contributed by atoms with Crippen LogP contribution in [0.5, 0.6) is 5.75 Å². The van der Waals surface area contributed by atoms with Gasteiger partial charge in [-0.3, -0.25) is 0 Å². The lowest BCUT2D eigenvalue weighted by atomic mass is 9.92. The van der Waals surface area contributed by atoms with Gasteiger partial charge in [0, 0.05) is 36.0 Å². The number of hydrogen-bond donors (Lipinski definition) is 1. The summed E-state index contributed by atoms with van der Waals surface area (Å²) in [5.74, 6) is 0.549. The van der Waals surface area contributed by atoms with Crippen LogP contribution in [0.3, 0.4) is 0 Å². The van der Waals surface area contributed by atoms with Crippen LogP contribution in [0.1, 0.15) is 59.1 Å². The van der Waals surface area contributed by atoms with Gasteiger partial charge < -0.3 is 19.4 Å². The van der Waals surface area contributed by atoms with E-state index in [4.69, 9.17) is 9.47 Å². The second-order valence-corrected chi connectivity index (χ2v) is 8.82. The number of esters is 1. The van der Waals surface area contributed by atoms with E-state index in [1.807, 2.05) is 19.1 Å². The quantitative estimate of drug-likeness (QED) is 0.432. The average molecular weight is 447 g/mol. The summed E-state index contributed by atoms with van der Waals surface area (Å²) in [5.41, 5.74) is 7.27. The third-order valence-corrected chi connectivity index (χ3v) is 6.61. The van der Waals surface area contributed by atoms with E-state index in [-0.39, 0.29) is 5.97 Å². The standard InChI is InChI=1S/C28H34N2O3/c1-5-33-28(31)27-25(17-29-23-7-6-8-23)26(22-13-15-24(32-4)16-14-22)20(3)30(27)18-21-11-9-19(2)10-12-21/h9-16,23,29H,5-8,17-18H2,1-4H3. The fraction of sp³-hybridized carbons (Fsp3) is 0.393. The number of rotatable bonds is 9. The topological polar surface area (TPSA) is 52.5 Å². The van der Waals surface area contributed by atoms with E-state index >= 15 is 0 Å². The fourth-order valence-electron chi connectivity index (χ4n) is 4.48. The van der Waals surface area contributed by atoms with Crippen LogP contribution in [0.15, 0.2) is 48.5 Å². The lowest BCUT2D eigenvalue weighted by molar-refractivity contribution is 0.0512. The van der Waals surface area contributed by atoms with Crippen molar-refractivity contribution in [2.75, 3.05) is 13.7 Å². The first-order chi connectivity index (χ1) is 16.0. The minimum absolute atomic E-state index is 0.266. The number of carbonyl (C=O) groups is 1. The molecule has 3 aromatic rings. The Labute approximate surface area is 196 Å². The third kappa shape index (κ3) is 4.98. The van der Waals surface area contributed by atoms with E-state index in [1.165, 1.54) is 24.8 Å². The number of hydrogen-bond acceptors (Lipinski definition) is 4. The molecule has 0 radical (unpaired) electrons. The molecule has 0 saturated heterocycles. The Balaban J connectivity index is 1.84. The molecule has 1 aliphatic rings. The van der Waals surface area contributed by atoms with Crippen LogP contribution in [0.2, 0.25) is 0 Å². The maximum atomic E-state index is 13.3. The van der Waals surface area contributed by atoms with Gasteiger partial charge in [0.2, 0.25) is 0 Å². The zero-order valence-corrected chi connectivity index (χ0v) is 20.1. The van der Waals surface area contributed by atoms with Gasteiger partial charge in [-0.2, -0.15) is 0 Å². The number of ether oxygens (including phenoxy) is 2. The monoisotopic (exact) mass is 446 g/mol. The molecule has 174 valence electrons. The molecule has 5 nitrogen and oxygen atoms in total. The van der Waals surface area contributed by atoms with Crippen LogP contribution in [0, 0.1) is 13.8 Å². The Morgan fingerprint density at radius 1 is 1.06 bits per heavy atom. The molecule has 4 rings (SSSR count). The highest BCUT2D eigenvalue weighted by molar-refractivity contribution is 5.93. The van der Waals surface area contributed by atoms with Gasteiger partial charge in [-0.25, -0.2) is 4.79 Å². The molecule has 1 aliphatic carbocycles. The number of nitrogens with one attached hydrogen (secondary N) is 1. The molecule has 0 aliphatic heterocycles. The van der Waals surface area contributed by atoms with Crippen molar-refractivity contribution >= 4 is 5.97 Å². The molecule has 1 saturated carbocycles. The van der Waals surface area contributed by atoms with Crippen LogP contribution in [-0.2, 0) is 17.8 Å². The first-order valence-corrected chi connectivity index (χ1v) is 11.8. The van der Waals surface area contributed by atoms with Crippen LogP contribution in [-0.4, -0.2) is 30.3 Å². The van der Waals surface area contributed by atoms with Gasteiger partial charge in [0.15, 0.2) is 0 Å². The maximum absolute atomic E-state index is 13.3. The molecule has 0 unspecified atom stereocenters. The minimum atomic E-state index is -0.266. The molecule has 5 heteroatoms. The summed E-state index contributed by atoms with van der Waals surface area (Å²) in [6.07, 6.45) is 3.65. The van der Waals surface area contributed by atoms with Crippen molar-refractivity contribution in [2.45, 2.75) is 59.2 Å². The van der Waals surface area contributed by atoms with Crippen LogP contribution in [0.4, 0.5) is 0 Å². The molecule has 0 atom stereocenters. The molecule has 1 heterocycles. The number of methoxy groups -OCH3 is 1. The lowest BCUT2D eigenvalue weighted by Crippen LogP contribution is -2.35. The molecule has 0 bridgehead atoms. The van der Waals surface area contributed by atoms with Gasteiger partial charge in [0.05, 0.1) is 13.7 Å². The normalized spacial score (nSPS) is 13.6. The van der Waals surface area contributed by atoms with E-state index in [1.54, 1.807) is 7.11 Å². The van der Waals surface area contributed by atoms with Crippen LogP contribution >= 0.6 is 0 Å². The van der Waals surface area contributed by atoms with Gasteiger partial charge in [0.25, 0.3) is 0 Å². The minimum Gasteiger partial charge on any atom is -0.497 e. The SMILES string of the molecule is CCOC(=O)c1c(CNC2CCC2)c(-c2ccc(OC)cc2)c(C)n1Cc1ccc(C)cc1. The van der Waals surface area contributed by atoms with Gasteiger partial charge in [-0.05, 0) is 56.9 Å². The van der Waals surface area contributed by atoms with Gasteiger partial charge in [-0.15, -0.1) is 0 Å². The zero-order valence-electron chi connectivity index (χ0n) is 20.1. The molecule has 1 aromatic heterocycles. The number of carbonyl (C=O) groups excluding carboxylic acids is 1. The molecule has 1 fully saturated rings. The van der Waals surface area contributed by atoms with Crippen molar-refractivity contribution in [1.29, 1.82) is 0 Å². The van der Waals surface area contributed by atoms with Crippen molar-refractivity contribution in [3.63, 3.8) is 0 Å². The molecular formula is C28H34N2O3. The second-order valence-electron chi connectivity index (χ2n) is 8.82. The smallest absolute Gasteiger partial charge is 0.355 e. The Hall–Kier alpha value is -3.05. The highest BCUT2D eigenvalue weighted by Gasteiger charge is 2.28. The van der Waals surface area contributed by atoms with Gasteiger partial charge in [-0.1, -0.05) is 48.4 Å². The Bertz CT molecular complexity index is 1090. The highest BCUT2D eigenvalue weighted by Crippen LogP contribution is 2.35. The Morgan fingerprint density at radius 2 is 1.76 bits per heavy atom. The lowest BCUT2D eigenvalue weighted by Gasteiger charge is -2.27. The molecular weight excluding hydrogens is 412 g/mol. The summed E-state index contributed by atoms with van der Waals surface area (Å²) < 4.78 is 13.0. The van der Waals surface area contributed by atoms with Crippen molar-refractivity contribution in [3.8, 4) is 16.9 Å². The van der Waals surface area contributed by atoms with Crippen LogP contribution in [0.25, 0.3) is 11.1 Å². The van der Waals surface area contributed by atoms with Gasteiger partial charge >= 0.3 is 5.97 Å². The third-order valence-electron chi connectivity index (χ3n) is 6.61. The predicted molar refractivity (Wildman–Crippen MR) is 132 cm³/mol. The Kier molecular flexibility index (Phi) is 7.19. The van der Waals surface area contributed by atoms with Crippen molar-refractivity contribution in [2.24, 2.45) is 0 Å². The molecule has 0 amide bonds. The summed E-state index contributed by atoms with van der Waals surface area (Å²) in [7, 11) is 1.67. The van der Waals surface area contributed by atoms with Crippen molar-refractivity contribution in [3.05, 3.63) is 76.6 Å². The predicted octanol–water partition coefficient (Wildman–Crippen LogP) is 5.65. The number of nitrogens with zero attached hydrogens (tertiary/aromatic N) is 1. The summed E-state index contributed by atoms with van der Waals surface area (Å²) in [6, 6.07) is 17.1. The van der Waals surface area contributed by atoms with Gasteiger partial charge in [0.1, 0.15) is 11.4 Å². The van der Waals surface area contributed by atoms with E-state index < -0.39 is 0 Å². The Morgan fingerprint density at radius 3 is 2.33 bits per heavy atom. The number of aromatic nitrogens is 1. The summed E-state index contributed by atoms with van der Waals surface area (Å²) >= 11 is 0. The van der Waals surface area contributed by atoms with E-state index in [9.17, 15) is 4.79 Å². The largest absolute Gasteiger partial charge is 0.497 e. The fourth-order valence-corrected chi connectivity index (χ4v) is 4.48. The summed E-state index contributed by atoms with van der Waals surface area (Å²) in [4.78, 5) is 13.3. The maximum Gasteiger partial charge on any atom is 0.355 e. The van der Waals surface area contributed by atoms with E-state index in [0.717, 1.165) is 33.7 Å². The molecule has 33 heavy (non-hydrogen) atoms. The summed E-state index contributed by atoms with van der Waals surface area (Å²) in [5, 5.41) is 3.67.